The number of unbranched alkanes of at least 4 members (excludes halogenated alkanes) is 2. The Morgan fingerprint density at radius 3 is 2.88 bits per heavy atom. The first-order valence-electron chi connectivity index (χ1n) is 6.71. The minimum absolute atomic E-state index is 0.0613. The second kappa shape index (κ2) is 7.98. The van der Waals surface area contributed by atoms with Crippen LogP contribution in [0.3, 0.4) is 0 Å². The second-order valence-electron chi connectivity index (χ2n) is 4.88. The second-order valence-corrected chi connectivity index (χ2v) is 5.87. The van der Waals surface area contributed by atoms with Gasteiger partial charge in [0.2, 0.25) is 5.91 Å². The number of carbonyl (C=O) groups excluding carboxylic acids is 1. The molecule has 1 amide bonds. The Bertz CT molecular complexity index is 235. The van der Waals surface area contributed by atoms with E-state index in [0.29, 0.717) is 11.8 Å². The van der Waals surface area contributed by atoms with Crippen molar-refractivity contribution in [3.8, 4) is 0 Å². The zero-order valence-electron chi connectivity index (χ0n) is 11.4. The van der Waals surface area contributed by atoms with Crippen LogP contribution in [0, 0.1) is 5.92 Å². The van der Waals surface area contributed by atoms with Crippen molar-refractivity contribution < 1.29 is 4.79 Å². The number of hydrogen-bond donors (Lipinski definition) is 1. The first-order valence-corrected chi connectivity index (χ1v) is 8.11. The number of amides is 1. The largest absolute Gasteiger partial charge is 0.329 e. The molecule has 0 aromatic carbocycles. The van der Waals surface area contributed by atoms with Crippen molar-refractivity contribution in [2.24, 2.45) is 5.92 Å². The topological polar surface area (TPSA) is 32.3 Å². The molecule has 17 heavy (non-hydrogen) atoms. The highest BCUT2D eigenvalue weighted by molar-refractivity contribution is 7.98. The number of nitrogens with one attached hydrogen (secondary N) is 1. The van der Waals surface area contributed by atoms with Crippen LogP contribution in [0.2, 0.25) is 0 Å². The van der Waals surface area contributed by atoms with E-state index < -0.39 is 0 Å². The Hall–Kier alpha value is -0.220. The monoisotopic (exact) mass is 258 g/mol. The lowest BCUT2D eigenvalue weighted by atomic mass is 9.99. The molecule has 1 rings (SSSR count). The first kappa shape index (κ1) is 14.8. The molecular formula is C13H26N2OS. The highest BCUT2D eigenvalue weighted by Gasteiger charge is 2.33. The normalized spacial score (nSPS) is 22.2. The molecule has 2 unspecified atom stereocenters. The van der Waals surface area contributed by atoms with Crippen LogP contribution in [0.5, 0.6) is 0 Å². The molecule has 0 saturated carbocycles. The van der Waals surface area contributed by atoms with Gasteiger partial charge in [-0.2, -0.15) is 11.8 Å². The van der Waals surface area contributed by atoms with Gasteiger partial charge in [-0.25, -0.2) is 0 Å². The van der Waals surface area contributed by atoms with E-state index in [2.05, 4.69) is 25.4 Å². The summed E-state index contributed by atoms with van der Waals surface area (Å²) in [5.41, 5.74) is 0. The lowest BCUT2D eigenvalue weighted by Crippen LogP contribution is -2.35. The van der Waals surface area contributed by atoms with Gasteiger partial charge in [0.1, 0.15) is 0 Å². The van der Waals surface area contributed by atoms with E-state index in [4.69, 9.17) is 0 Å². The third kappa shape index (κ3) is 4.51. The zero-order valence-corrected chi connectivity index (χ0v) is 12.2. The van der Waals surface area contributed by atoms with Gasteiger partial charge in [-0.1, -0.05) is 26.7 Å². The van der Waals surface area contributed by atoms with Gasteiger partial charge in [0.15, 0.2) is 0 Å². The summed E-state index contributed by atoms with van der Waals surface area (Å²) in [6, 6.07) is 0.0613. The first-order chi connectivity index (χ1) is 8.20. The number of rotatable bonds is 8. The van der Waals surface area contributed by atoms with E-state index in [0.717, 1.165) is 26.1 Å². The quantitative estimate of drug-likeness (QED) is 0.678. The smallest absolute Gasteiger partial charge is 0.241 e. The molecule has 1 fully saturated rings. The van der Waals surface area contributed by atoms with Gasteiger partial charge in [-0.15, -0.1) is 0 Å². The van der Waals surface area contributed by atoms with Crippen molar-refractivity contribution in [1.29, 1.82) is 0 Å². The number of carbonyl (C=O) groups is 1. The fraction of sp³-hybridized carbons (Fsp3) is 0.923. The molecule has 1 aliphatic rings. The van der Waals surface area contributed by atoms with Crippen LogP contribution in [-0.4, -0.2) is 42.1 Å². The minimum atomic E-state index is 0.0613. The van der Waals surface area contributed by atoms with Crippen LogP contribution >= 0.6 is 11.8 Å². The molecule has 0 aliphatic carbocycles. The van der Waals surface area contributed by atoms with Crippen LogP contribution < -0.4 is 5.32 Å². The van der Waals surface area contributed by atoms with Gasteiger partial charge < -0.3 is 4.90 Å². The maximum atomic E-state index is 12.1. The average molecular weight is 258 g/mol. The molecule has 4 heteroatoms. The Balaban J connectivity index is 2.21. The maximum absolute atomic E-state index is 12.1. The molecule has 100 valence electrons. The highest BCUT2D eigenvalue weighted by atomic mass is 32.2. The molecule has 2 atom stereocenters. The zero-order chi connectivity index (χ0) is 12.7. The van der Waals surface area contributed by atoms with Gasteiger partial charge in [-0.05, 0) is 30.8 Å². The third-order valence-corrected chi connectivity index (χ3v) is 4.27. The summed E-state index contributed by atoms with van der Waals surface area (Å²) < 4.78 is 0. The molecule has 1 N–H and O–H groups in total. The molecule has 1 saturated heterocycles. The summed E-state index contributed by atoms with van der Waals surface area (Å²) in [5, 5.41) is 3.33. The maximum Gasteiger partial charge on any atom is 0.241 e. The third-order valence-electron chi connectivity index (χ3n) is 3.57. The van der Waals surface area contributed by atoms with Crippen molar-refractivity contribution in [3.05, 3.63) is 0 Å². The minimum Gasteiger partial charge on any atom is -0.329 e. The van der Waals surface area contributed by atoms with Crippen molar-refractivity contribution in [2.45, 2.75) is 45.6 Å². The van der Waals surface area contributed by atoms with Gasteiger partial charge in [-0.3, -0.25) is 10.1 Å². The predicted octanol–water partition coefficient (Wildman–Crippen LogP) is 2.32. The molecule has 1 aliphatic heterocycles. The fourth-order valence-corrected chi connectivity index (χ4v) is 2.66. The Kier molecular flexibility index (Phi) is 6.97. The lowest BCUT2D eigenvalue weighted by molar-refractivity contribution is -0.129. The van der Waals surface area contributed by atoms with Crippen LogP contribution in [0.1, 0.15) is 39.5 Å². The predicted molar refractivity (Wildman–Crippen MR) is 75.2 cm³/mol. The summed E-state index contributed by atoms with van der Waals surface area (Å²) in [7, 11) is 0. The van der Waals surface area contributed by atoms with Gasteiger partial charge in [0.05, 0.1) is 12.7 Å². The van der Waals surface area contributed by atoms with E-state index in [-0.39, 0.29) is 6.04 Å². The Morgan fingerprint density at radius 2 is 2.24 bits per heavy atom. The van der Waals surface area contributed by atoms with Crippen LogP contribution in [0.15, 0.2) is 0 Å². The number of hydrogen-bond acceptors (Lipinski definition) is 3. The van der Waals surface area contributed by atoms with Crippen molar-refractivity contribution in [2.75, 3.05) is 25.2 Å². The van der Waals surface area contributed by atoms with Crippen LogP contribution in [-0.2, 0) is 4.79 Å². The van der Waals surface area contributed by atoms with E-state index in [1.54, 1.807) is 0 Å². The molecule has 1 heterocycles. The van der Waals surface area contributed by atoms with E-state index in [9.17, 15) is 4.79 Å². The summed E-state index contributed by atoms with van der Waals surface area (Å²) in [4.78, 5) is 14.1. The molecule has 0 radical (unpaired) electrons. The summed E-state index contributed by atoms with van der Waals surface area (Å²) in [5.74, 6) is 2.00. The molecule has 3 nitrogen and oxygen atoms in total. The van der Waals surface area contributed by atoms with Crippen LogP contribution in [0.4, 0.5) is 0 Å². The SMILES string of the molecule is CCC(C)C1NCN(CCCCCSC)C1=O. The fourth-order valence-electron chi connectivity index (χ4n) is 2.17. The summed E-state index contributed by atoms with van der Waals surface area (Å²) >= 11 is 1.90. The summed E-state index contributed by atoms with van der Waals surface area (Å²) in [6.45, 7) is 5.96. The Morgan fingerprint density at radius 1 is 1.47 bits per heavy atom. The van der Waals surface area contributed by atoms with Crippen molar-refractivity contribution >= 4 is 17.7 Å². The lowest BCUT2D eigenvalue weighted by Gasteiger charge is -2.17. The Labute approximate surface area is 110 Å². The van der Waals surface area contributed by atoms with E-state index in [1.165, 1.54) is 18.6 Å². The number of thioether (sulfide) groups is 1. The summed E-state index contributed by atoms with van der Waals surface area (Å²) in [6.07, 6.45) is 6.85. The average Bonchev–Trinajstić information content (AvgIpc) is 2.70. The van der Waals surface area contributed by atoms with Crippen molar-refractivity contribution in [1.82, 2.24) is 10.2 Å². The van der Waals surface area contributed by atoms with E-state index >= 15 is 0 Å². The van der Waals surface area contributed by atoms with Gasteiger partial charge in [0.25, 0.3) is 0 Å². The van der Waals surface area contributed by atoms with E-state index in [1.807, 2.05) is 16.7 Å². The number of nitrogens with zero attached hydrogens (tertiary/aromatic N) is 1. The standard InChI is InChI=1S/C13H26N2OS/c1-4-11(2)12-13(16)15(10-14-12)8-6-5-7-9-17-3/h11-12,14H,4-10H2,1-3H3. The van der Waals surface area contributed by atoms with Crippen LogP contribution in [0.25, 0.3) is 0 Å². The van der Waals surface area contributed by atoms with Crippen molar-refractivity contribution in [3.63, 3.8) is 0 Å². The van der Waals surface area contributed by atoms with Gasteiger partial charge in [0, 0.05) is 6.54 Å². The highest BCUT2D eigenvalue weighted by Crippen LogP contribution is 2.16. The molecule has 0 aromatic heterocycles. The van der Waals surface area contributed by atoms with Gasteiger partial charge >= 0.3 is 0 Å². The molecule has 0 aromatic rings. The molecule has 0 spiro atoms. The molecule has 0 bridgehead atoms. The molecular weight excluding hydrogens is 232 g/mol.